The van der Waals surface area contributed by atoms with E-state index in [1.54, 1.807) is 54.6 Å². The predicted molar refractivity (Wildman–Crippen MR) is 128 cm³/mol. The Morgan fingerprint density at radius 2 is 1.88 bits per heavy atom. The van der Waals surface area contributed by atoms with Gasteiger partial charge >= 0.3 is 0 Å². The number of nitrogens with one attached hydrogen (secondary N) is 2. The fourth-order valence-electron chi connectivity index (χ4n) is 2.89. The van der Waals surface area contributed by atoms with Crippen LogP contribution in [0.1, 0.15) is 15.9 Å². The second-order valence-corrected chi connectivity index (χ2v) is 7.78. The van der Waals surface area contributed by atoms with E-state index in [1.807, 2.05) is 6.07 Å². The van der Waals surface area contributed by atoms with Gasteiger partial charge in [-0.15, -0.1) is 11.8 Å². The number of nitriles is 1. The molecule has 3 rings (SSSR count). The average Bonchev–Trinajstić information content (AvgIpc) is 2.83. The van der Waals surface area contributed by atoms with Crippen LogP contribution >= 0.6 is 11.8 Å². The number of ether oxygens (including phenoxy) is 1. The smallest absolute Gasteiger partial charge is 0.272 e. The number of rotatable bonds is 8. The molecule has 3 aromatic rings. The first kappa shape index (κ1) is 23.4. The normalized spacial score (nSPS) is 10.7. The van der Waals surface area contributed by atoms with Crippen molar-refractivity contribution in [1.29, 1.82) is 5.26 Å². The van der Waals surface area contributed by atoms with Crippen LogP contribution in [-0.2, 0) is 4.79 Å². The van der Waals surface area contributed by atoms with Crippen molar-refractivity contribution in [1.82, 2.24) is 5.32 Å². The van der Waals surface area contributed by atoms with Crippen molar-refractivity contribution in [2.24, 2.45) is 0 Å². The van der Waals surface area contributed by atoms with Gasteiger partial charge in [0, 0.05) is 27.8 Å². The third kappa shape index (κ3) is 6.63. The molecule has 0 radical (unpaired) electrons. The van der Waals surface area contributed by atoms with Crippen LogP contribution < -0.4 is 15.4 Å². The van der Waals surface area contributed by atoms with Crippen LogP contribution in [0.3, 0.4) is 0 Å². The van der Waals surface area contributed by atoms with Crippen molar-refractivity contribution < 1.29 is 19.4 Å². The van der Waals surface area contributed by atoms with Crippen molar-refractivity contribution in [3.63, 3.8) is 0 Å². The number of carbonyl (C=O) groups is 2. The topological polar surface area (TPSA) is 111 Å². The zero-order valence-electron chi connectivity index (χ0n) is 17.7. The number of benzene rings is 3. The number of methoxy groups -OCH3 is 1. The van der Waals surface area contributed by atoms with Crippen molar-refractivity contribution in [2.45, 2.75) is 4.90 Å². The Morgan fingerprint density at radius 1 is 1.09 bits per heavy atom. The summed E-state index contributed by atoms with van der Waals surface area (Å²) >= 11 is 1.35. The minimum atomic E-state index is -0.545. The van der Waals surface area contributed by atoms with Gasteiger partial charge in [0.25, 0.3) is 11.8 Å². The highest BCUT2D eigenvalue weighted by Crippen LogP contribution is 2.26. The van der Waals surface area contributed by atoms with Crippen LogP contribution in [0.5, 0.6) is 11.5 Å². The van der Waals surface area contributed by atoms with Crippen LogP contribution in [0, 0.1) is 11.3 Å². The molecule has 0 atom stereocenters. The summed E-state index contributed by atoms with van der Waals surface area (Å²) in [6.07, 6.45) is 1.47. The number of anilines is 1. The van der Waals surface area contributed by atoms with Crippen LogP contribution in [0.4, 0.5) is 5.69 Å². The van der Waals surface area contributed by atoms with Crippen molar-refractivity contribution in [2.75, 3.05) is 18.2 Å². The Hall–Kier alpha value is -4.22. The molecule has 3 N–H and O–H groups in total. The Bertz CT molecular complexity index is 1220. The number of hydrogen-bond donors (Lipinski definition) is 3. The maximum Gasteiger partial charge on any atom is 0.272 e. The molecular weight excluding hydrogens is 438 g/mol. The minimum absolute atomic E-state index is 0.00927. The van der Waals surface area contributed by atoms with E-state index in [9.17, 15) is 14.7 Å². The molecule has 0 aromatic heterocycles. The number of aromatic hydroxyl groups is 1. The summed E-state index contributed by atoms with van der Waals surface area (Å²) in [6.45, 7) is 0. The fourth-order valence-corrected chi connectivity index (χ4v) is 3.51. The Kier molecular flexibility index (Phi) is 8.11. The van der Waals surface area contributed by atoms with E-state index in [1.165, 1.54) is 37.1 Å². The Morgan fingerprint density at radius 3 is 2.61 bits per heavy atom. The molecule has 3 aromatic carbocycles. The molecule has 0 saturated heterocycles. The molecule has 166 valence electrons. The largest absolute Gasteiger partial charge is 0.508 e. The van der Waals surface area contributed by atoms with Gasteiger partial charge in [-0.05, 0) is 48.5 Å². The van der Waals surface area contributed by atoms with Gasteiger partial charge in [0.05, 0.1) is 18.9 Å². The molecule has 0 fully saturated rings. The third-order valence-corrected chi connectivity index (χ3v) is 5.30. The number of amides is 2. The highest BCUT2D eigenvalue weighted by molar-refractivity contribution is 7.99. The molecule has 0 bridgehead atoms. The van der Waals surface area contributed by atoms with Crippen LogP contribution in [-0.4, -0.2) is 29.8 Å². The van der Waals surface area contributed by atoms with Crippen LogP contribution in [0.2, 0.25) is 0 Å². The standard InChI is InChI=1S/C25H21N3O4S/c1-32-23-16-20(29)11-10-18(23)14-22(28-24(30)17-6-3-2-4-7-17)25(31)27-19-8-5-9-21(15-19)33-13-12-26/h2-11,14-16,29H,13H2,1H3,(H,27,31)(H,28,30)/b22-14-. The van der Waals surface area contributed by atoms with Gasteiger partial charge in [-0.2, -0.15) is 5.26 Å². The first-order chi connectivity index (χ1) is 16.0. The van der Waals surface area contributed by atoms with Gasteiger partial charge in [0.15, 0.2) is 0 Å². The molecule has 0 heterocycles. The lowest BCUT2D eigenvalue weighted by molar-refractivity contribution is -0.113. The number of nitrogens with zero attached hydrogens (tertiary/aromatic N) is 1. The first-order valence-electron chi connectivity index (χ1n) is 9.86. The van der Waals surface area contributed by atoms with Gasteiger partial charge in [-0.3, -0.25) is 9.59 Å². The number of phenolic OH excluding ortho intramolecular Hbond substituents is 1. The van der Waals surface area contributed by atoms with Gasteiger partial charge in [-0.25, -0.2) is 0 Å². The molecule has 0 unspecified atom stereocenters. The minimum Gasteiger partial charge on any atom is -0.508 e. The second kappa shape index (κ2) is 11.4. The summed E-state index contributed by atoms with van der Waals surface area (Å²) in [5.74, 6) is -0.361. The van der Waals surface area contributed by atoms with E-state index in [2.05, 4.69) is 16.7 Å². The molecular formula is C25H21N3O4S. The molecule has 0 spiro atoms. The zero-order valence-corrected chi connectivity index (χ0v) is 18.6. The van der Waals surface area contributed by atoms with E-state index < -0.39 is 11.8 Å². The van der Waals surface area contributed by atoms with E-state index >= 15 is 0 Å². The summed E-state index contributed by atoms with van der Waals surface area (Å²) < 4.78 is 5.29. The van der Waals surface area contributed by atoms with Crippen LogP contribution in [0.25, 0.3) is 6.08 Å². The number of thioether (sulfide) groups is 1. The predicted octanol–water partition coefficient (Wildman–Crippen LogP) is 4.43. The molecule has 7 nitrogen and oxygen atoms in total. The summed E-state index contributed by atoms with van der Waals surface area (Å²) in [5, 5.41) is 23.9. The maximum atomic E-state index is 13.1. The average molecular weight is 460 g/mol. The summed E-state index contributed by atoms with van der Waals surface area (Å²) in [6, 6.07) is 22.1. The lowest BCUT2D eigenvalue weighted by Crippen LogP contribution is -2.30. The van der Waals surface area contributed by atoms with Crippen LogP contribution in [0.15, 0.2) is 83.4 Å². The zero-order chi connectivity index (χ0) is 23.6. The summed E-state index contributed by atoms with van der Waals surface area (Å²) in [7, 11) is 1.44. The van der Waals surface area contributed by atoms with Crippen molar-refractivity contribution >= 4 is 35.3 Å². The number of hydrogen-bond acceptors (Lipinski definition) is 6. The molecule has 0 aliphatic rings. The molecule has 2 amide bonds. The van der Waals surface area contributed by atoms with E-state index in [4.69, 9.17) is 10.00 Å². The van der Waals surface area contributed by atoms with Gasteiger partial charge in [0.1, 0.15) is 17.2 Å². The SMILES string of the molecule is COc1cc(O)ccc1/C=C(\NC(=O)c1ccccc1)C(=O)Nc1cccc(SCC#N)c1. The summed E-state index contributed by atoms with van der Waals surface area (Å²) in [4.78, 5) is 26.7. The molecule has 33 heavy (non-hydrogen) atoms. The molecule has 0 aliphatic carbocycles. The van der Waals surface area contributed by atoms with Gasteiger partial charge in [-0.1, -0.05) is 24.3 Å². The molecule has 0 saturated carbocycles. The third-order valence-electron chi connectivity index (χ3n) is 4.44. The van der Waals surface area contributed by atoms with E-state index in [-0.39, 0.29) is 17.2 Å². The molecule has 8 heteroatoms. The number of carbonyl (C=O) groups excluding carboxylic acids is 2. The number of phenols is 1. The van der Waals surface area contributed by atoms with E-state index in [0.717, 1.165) is 4.90 Å². The van der Waals surface area contributed by atoms with Crippen molar-refractivity contribution in [3.8, 4) is 17.6 Å². The van der Waals surface area contributed by atoms with Crippen molar-refractivity contribution in [3.05, 3.63) is 89.6 Å². The van der Waals surface area contributed by atoms with E-state index in [0.29, 0.717) is 22.6 Å². The van der Waals surface area contributed by atoms with Gasteiger partial charge in [0.2, 0.25) is 0 Å². The monoisotopic (exact) mass is 459 g/mol. The lowest BCUT2D eigenvalue weighted by atomic mass is 10.1. The quantitative estimate of drug-likeness (QED) is 0.340. The Labute approximate surface area is 195 Å². The summed E-state index contributed by atoms with van der Waals surface area (Å²) in [5.41, 5.74) is 1.39. The first-order valence-corrected chi connectivity index (χ1v) is 10.8. The highest BCUT2D eigenvalue weighted by Gasteiger charge is 2.16. The molecule has 0 aliphatic heterocycles. The highest BCUT2D eigenvalue weighted by atomic mass is 32.2. The second-order valence-electron chi connectivity index (χ2n) is 6.73. The fraction of sp³-hybridized carbons (Fsp3) is 0.0800. The lowest BCUT2D eigenvalue weighted by Gasteiger charge is -2.13. The van der Waals surface area contributed by atoms with Gasteiger partial charge < -0.3 is 20.5 Å². The Balaban J connectivity index is 1.92. The maximum absolute atomic E-state index is 13.1.